The minimum atomic E-state index is -1.71. The van der Waals surface area contributed by atoms with Crippen LogP contribution >= 0.6 is 0 Å². The normalized spacial score (nSPS) is 29.1. The predicted molar refractivity (Wildman–Crippen MR) is 276 cm³/mol. The summed E-state index contributed by atoms with van der Waals surface area (Å²) in [5, 5.41) is 33.2. The number of hydrogen-bond donors (Lipinski definition) is 6. The van der Waals surface area contributed by atoms with E-state index in [4.69, 9.17) is 14.2 Å². The van der Waals surface area contributed by atoms with Gasteiger partial charge in [0.2, 0.25) is 35.4 Å². The van der Waals surface area contributed by atoms with Gasteiger partial charge in [0, 0.05) is 33.6 Å². The molecule has 0 saturated carbocycles. The molecule has 0 aliphatic carbocycles. The number of benzene rings is 1. The summed E-state index contributed by atoms with van der Waals surface area (Å²) < 4.78 is 17.2. The fraction of sp³-hybridized carbons (Fsp3) is 0.722. The van der Waals surface area contributed by atoms with Crippen molar-refractivity contribution in [3.63, 3.8) is 0 Å². The van der Waals surface area contributed by atoms with E-state index in [2.05, 4.69) is 21.3 Å². The second-order valence-electron chi connectivity index (χ2n) is 21.9. The number of ketones is 1. The Balaban J connectivity index is 1.88. The van der Waals surface area contributed by atoms with Crippen molar-refractivity contribution >= 4 is 53.2 Å². The highest BCUT2D eigenvalue weighted by Crippen LogP contribution is 2.26. The van der Waals surface area contributed by atoms with Crippen LogP contribution in [0.1, 0.15) is 120 Å². The van der Waals surface area contributed by atoms with Crippen molar-refractivity contribution in [2.45, 2.75) is 187 Å². The van der Waals surface area contributed by atoms with E-state index >= 15 is 0 Å². The molecule has 3 aliphatic heterocycles. The SMILES string of the molecule is CC[C@H](C)[C@H]1NC(=O)[C@@H](NC(=O)[C@@H](CC(C)C)N(C)C(=O)[C@@H]2C[C@@H](O)CN2)[C@H](C)OC(=O)[C@H](Cc2ccc(OC)cc2)N(C)C(=O)[C@@H]2CCCN2C(=O)[C@@H](CC(C)C)NC(=O)[C@@H](C)C(=O)[C@@H](C(C)C)OC(=O)C[C@H]1O. The summed E-state index contributed by atoms with van der Waals surface area (Å²) in [5.74, 6) is -9.18. The van der Waals surface area contributed by atoms with Crippen LogP contribution in [0, 0.1) is 29.6 Å². The van der Waals surface area contributed by atoms with Crippen molar-refractivity contribution in [1.29, 1.82) is 0 Å². The molecule has 13 atom stereocenters. The van der Waals surface area contributed by atoms with E-state index < -0.39 is 144 Å². The molecule has 1 aromatic rings. The Bertz CT molecular complexity index is 2170. The van der Waals surface area contributed by atoms with Gasteiger partial charge < -0.3 is 60.4 Å². The molecule has 420 valence electrons. The highest BCUT2D eigenvalue weighted by atomic mass is 16.6. The Morgan fingerprint density at radius 2 is 1.56 bits per heavy atom. The van der Waals surface area contributed by atoms with Crippen LogP contribution in [-0.4, -0.2) is 179 Å². The minimum absolute atomic E-state index is 0.108. The van der Waals surface area contributed by atoms with Crippen LogP contribution in [0.5, 0.6) is 5.75 Å². The Morgan fingerprint density at radius 1 is 0.907 bits per heavy atom. The number of nitrogens with zero attached hydrogens (tertiary/aromatic N) is 3. The third-order valence-electron chi connectivity index (χ3n) is 14.7. The van der Waals surface area contributed by atoms with Gasteiger partial charge in [0.1, 0.15) is 42.1 Å². The van der Waals surface area contributed by atoms with Crippen molar-refractivity contribution in [3.8, 4) is 5.75 Å². The molecule has 75 heavy (non-hydrogen) atoms. The van der Waals surface area contributed by atoms with Gasteiger partial charge >= 0.3 is 11.9 Å². The second-order valence-corrected chi connectivity index (χ2v) is 21.9. The highest BCUT2D eigenvalue weighted by Gasteiger charge is 2.45. The van der Waals surface area contributed by atoms with Gasteiger partial charge in [0.15, 0.2) is 11.9 Å². The zero-order chi connectivity index (χ0) is 56.2. The molecule has 3 saturated heterocycles. The van der Waals surface area contributed by atoms with Gasteiger partial charge in [-0.15, -0.1) is 0 Å². The number of carbonyl (C=O) groups excluding carboxylic acids is 9. The lowest BCUT2D eigenvalue weighted by Gasteiger charge is -2.36. The first-order valence-electron chi connectivity index (χ1n) is 26.6. The van der Waals surface area contributed by atoms with E-state index in [0.29, 0.717) is 24.2 Å². The maximum atomic E-state index is 14.9. The van der Waals surface area contributed by atoms with E-state index in [1.54, 1.807) is 52.0 Å². The summed E-state index contributed by atoms with van der Waals surface area (Å²) in [5.41, 5.74) is 0.588. The number of methoxy groups -OCH3 is 1. The quantitative estimate of drug-likeness (QED) is 0.114. The van der Waals surface area contributed by atoms with Crippen LogP contribution in [0.15, 0.2) is 24.3 Å². The minimum Gasteiger partial charge on any atom is -0.497 e. The molecular formula is C54H85N7O14. The summed E-state index contributed by atoms with van der Waals surface area (Å²) >= 11 is 0. The first-order valence-corrected chi connectivity index (χ1v) is 26.6. The van der Waals surface area contributed by atoms with Crippen LogP contribution in [0.2, 0.25) is 0 Å². The summed E-state index contributed by atoms with van der Waals surface area (Å²) in [6.45, 7) is 17.2. The van der Waals surface area contributed by atoms with Gasteiger partial charge in [-0.25, -0.2) is 4.79 Å². The lowest BCUT2D eigenvalue weighted by Crippen LogP contribution is -2.62. The molecule has 0 aromatic heterocycles. The van der Waals surface area contributed by atoms with E-state index in [1.165, 1.54) is 49.8 Å². The number of likely N-dealkylation sites (N-methyl/N-ethyl adjacent to an activating group) is 2. The van der Waals surface area contributed by atoms with Crippen LogP contribution in [0.3, 0.4) is 0 Å². The number of β-amino-alcohol motifs (C(OH)–C–C–N with tert-alkyl or cyclic N) is 1. The second kappa shape index (κ2) is 27.9. The van der Waals surface area contributed by atoms with Gasteiger partial charge in [0.25, 0.3) is 0 Å². The van der Waals surface area contributed by atoms with Gasteiger partial charge in [0.05, 0.1) is 43.7 Å². The molecule has 6 amide bonds. The monoisotopic (exact) mass is 1060 g/mol. The standard InChI is InChI=1S/C54H85N7O14/c1-14-31(8)44-42(63)26-43(64)75-47(30(6)7)46(65)32(9)48(66)56-38(22-28(2)3)52(70)61-21-15-16-39(61)53(71)60(12)41(24-34-17-19-36(73-13)20-18-34)54(72)74-33(10)45(50(68)57-44)58-49(67)40(23-29(4)5)59(11)51(69)37-25-35(62)27-55-37/h17-20,28-33,35,37-42,44-45,47,55,62-63H,14-16,21-27H2,1-13H3,(H,56,66)(H,57,68)(H,58,67)/t31-,32-,33-,35+,37-,38+,39-,40+,41-,42+,44+,45-,47+/m0/s1. The Morgan fingerprint density at radius 3 is 2.12 bits per heavy atom. The fourth-order valence-corrected chi connectivity index (χ4v) is 9.91. The Labute approximate surface area is 442 Å². The number of Topliss-reactive ketones (excluding diaryl/α,β-unsaturated/α-hetero) is 1. The first kappa shape index (κ1) is 61.9. The average Bonchev–Trinajstić information content (AvgIpc) is 4.04. The number of aliphatic hydroxyl groups excluding tert-OH is 2. The molecule has 3 fully saturated rings. The maximum Gasteiger partial charge on any atom is 0.329 e. The van der Waals surface area contributed by atoms with E-state index in [1.807, 2.05) is 27.7 Å². The van der Waals surface area contributed by atoms with Crippen molar-refractivity contribution in [2.75, 3.05) is 34.3 Å². The Kier molecular flexibility index (Phi) is 23.0. The Hall–Kier alpha value is -5.67. The van der Waals surface area contributed by atoms with Crippen LogP contribution < -0.4 is 26.0 Å². The van der Waals surface area contributed by atoms with E-state index in [-0.39, 0.29) is 57.0 Å². The number of amides is 6. The first-order chi connectivity index (χ1) is 35.2. The smallest absolute Gasteiger partial charge is 0.329 e. The molecule has 21 nitrogen and oxygen atoms in total. The highest BCUT2D eigenvalue weighted by molar-refractivity contribution is 6.05. The van der Waals surface area contributed by atoms with Gasteiger partial charge in [-0.2, -0.15) is 0 Å². The number of aliphatic hydroxyl groups is 2. The number of ether oxygens (including phenoxy) is 3. The molecule has 0 bridgehead atoms. The number of nitrogens with one attached hydrogen (secondary N) is 4. The summed E-state index contributed by atoms with van der Waals surface area (Å²) in [6, 6.07) is -1.69. The van der Waals surface area contributed by atoms with Gasteiger partial charge in [-0.3, -0.25) is 38.4 Å². The third kappa shape index (κ3) is 16.4. The predicted octanol–water partition coefficient (Wildman–Crippen LogP) is 1.67. The van der Waals surface area contributed by atoms with Gasteiger partial charge in [-0.05, 0) is 87.3 Å². The molecule has 6 N–H and O–H groups in total. The zero-order valence-electron chi connectivity index (χ0n) is 46.3. The van der Waals surface area contributed by atoms with Crippen molar-refractivity contribution in [3.05, 3.63) is 29.8 Å². The topological polar surface area (TPSA) is 280 Å². The van der Waals surface area contributed by atoms with Crippen LogP contribution in [0.4, 0.5) is 0 Å². The molecule has 0 unspecified atom stereocenters. The number of rotatable bonds is 14. The average molecular weight is 1060 g/mol. The number of carbonyl (C=O) groups is 9. The molecule has 21 heteroatoms. The third-order valence-corrected chi connectivity index (χ3v) is 14.7. The largest absolute Gasteiger partial charge is 0.497 e. The maximum absolute atomic E-state index is 14.9. The fourth-order valence-electron chi connectivity index (χ4n) is 9.91. The molecule has 3 heterocycles. The van der Waals surface area contributed by atoms with Crippen molar-refractivity contribution in [1.82, 2.24) is 36.0 Å². The summed E-state index contributed by atoms with van der Waals surface area (Å²) in [4.78, 5) is 133. The lowest BCUT2D eigenvalue weighted by atomic mass is 9.91. The molecule has 0 radical (unpaired) electrons. The van der Waals surface area contributed by atoms with Gasteiger partial charge in [-0.1, -0.05) is 73.9 Å². The number of fused-ring (bicyclic) bond motifs is 1. The number of esters is 2. The van der Waals surface area contributed by atoms with E-state index in [0.717, 1.165) is 0 Å². The zero-order valence-corrected chi connectivity index (χ0v) is 46.3. The van der Waals surface area contributed by atoms with Crippen molar-refractivity contribution in [2.24, 2.45) is 29.6 Å². The molecule has 4 rings (SSSR count). The van der Waals surface area contributed by atoms with Crippen molar-refractivity contribution < 1.29 is 67.6 Å². The molecular weight excluding hydrogens is 971 g/mol. The van der Waals surface area contributed by atoms with Crippen LogP contribution in [-0.2, 0) is 59.0 Å². The molecule has 0 spiro atoms. The number of cyclic esters (lactones) is 2. The lowest BCUT2D eigenvalue weighted by molar-refractivity contribution is -0.163. The van der Waals surface area contributed by atoms with Crippen LogP contribution in [0.25, 0.3) is 0 Å². The number of hydrogen-bond acceptors (Lipinski definition) is 15. The van der Waals surface area contributed by atoms with E-state index in [9.17, 15) is 53.4 Å². The summed E-state index contributed by atoms with van der Waals surface area (Å²) in [7, 11) is 4.36. The summed E-state index contributed by atoms with van der Waals surface area (Å²) in [6.07, 6.45) is -4.74. The molecule has 1 aromatic carbocycles. The molecule has 3 aliphatic rings.